The molecule has 18 heavy (non-hydrogen) atoms. The topological polar surface area (TPSA) is 64.6 Å². The molecule has 0 aromatic heterocycles. The van der Waals surface area contributed by atoms with Crippen molar-refractivity contribution >= 4 is 12.1 Å². The van der Waals surface area contributed by atoms with Gasteiger partial charge in [0.2, 0.25) is 0 Å². The molecule has 1 saturated heterocycles. The van der Waals surface area contributed by atoms with Crippen molar-refractivity contribution in [1.29, 1.82) is 0 Å². The van der Waals surface area contributed by atoms with Crippen LogP contribution >= 0.6 is 0 Å². The first kappa shape index (κ1) is 13.3. The lowest BCUT2D eigenvalue weighted by Crippen LogP contribution is -2.32. The van der Waals surface area contributed by atoms with Gasteiger partial charge in [0.15, 0.2) is 0 Å². The summed E-state index contributed by atoms with van der Waals surface area (Å²) in [7, 11) is 0. The number of rotatable bonds is 1. The molecule has 0 amide bonds. The van der Waals surface area contributed by atoms with Crippen LogP contribution in [0.1, 0.15) is 40.0 Å². The minimum Gasteiger partial charge on any atom is -0.428 e. The smallest absolute Gasteiger partial charge is 0.428 e. The zero-order valence-electron chi connectivity index (χ0n) is 11.2. The molecular formula is C13H21NO4. The molecular weight excluding hydrogens is 234 g/mol. The maximum Gasteiger partial charge on any atom is 0.516 e. The second-order valence-corrected chi connectivity index (χ2v) is 6.25. The van der Waals surface area contributed by atoms with E-state index < -0.39 is 17.7 Å². The summed E-state index contributed by atoms with van der Waals surface area (Å²) in [4.78, 5) is 23.2. The van der Waals surface area contributed by atoms with Crippen LogP contribution in [0.15, 0.2) is 0 Å². The van der Waals surface area contributed by atoms with Gasteiger partial charge >= 0.3 is 12.1 Å². The predicted octanol–water partition coefficient (Wildman–Crippen LogP) is 1.85. The number of carbonyl (C=O) groups excluding carboxylic acids is 2. The van der Waals surface area contributed by atoms with Crippen LogP contribution in [0.2, 0.25) is 0 Å². The van der Waals surface area contributed by atoms with E-state index >= 15 is 0 Å². The minimum absolute atomic E-state index is 0.0876. The van der Waals surface area contributed by atoms with Gasteiger partial charge in [0.05, 0.1) is 5.92 Å². The fourth-order valence-electron chi connectivity index (χ4n) is 2.58. The van der Waals surface area contributed by atoms with Crippen LogP contribution in [-0.4, -0.2) is 30.8 Å². The lowest BCUT2D eigenvalue weighted by atomic mass is 9.92. The molecule has 1 unspecified atom stereocenters. The van der Waals surface area contributed by atoms with Gasteiger partial charge in [-0.2, -0.15) is 0 Å². The summed E-state index contributed by atoms with van der Waals surface area (Å²) < 4.78 is 9.73. The minimum atomic E-state index is -0.886. The van der Waals surface area contributed by atoms with Gasteiger partial charge in [0.1, 0.15) is 5.60 Å². The van der Waals surface area contributed by atoms with Crippen molar-refractivity contribution in [1.82, 2.24) is 5.32 Å². The number of carbonyl (C=O) groups is 2. The summed E-state index contributed by atoms with van der Waals surface area (Å²) in [5, 5.41) is 3.27. The molecule has 5 nitrogen and oxygen atoms in total. The van der Waals surface area contributed by atoms with Crippen LogP contribution in [0.3, 0.4) is 0 Å². The van der Waals surface area contributed by atoms with Crippen molar-refractivity contribution in [3.8, 4) is 0 Å². The molecule has 1 spiro atoms. The zero-order valence-corrected chi connectivity index (χ0v) is 11.2. The second-order valence-electron chi connectivity index (χ2n) is 6.25. The first-order valence-corrected chi connectivity index (χ1v) is 6.48. The SMILES string of the molecule is CC(C)(C)OC(=O)OC(=O)C1CC12CCNCC2. The fourth-order valence-corrected chi connectivity index (χ4v) is 2.58. The van der Waals surface area contributed by atoms with Crippen molar-refractivity contribution in [2.45, 2.75) is 45.6 Å². The molecule has 0 aromatic rings. The normalized spacial score (nSPS) is 25.6. The highest BCUT2D eigenvalue weighted by molar-refractivity contribution is 5.86. The van der Waals surface area contributed by atoms with Crippen LogP contribution in [0.25, 0.3) is 0 Å². The molecule has 0 bridgehead atoms. The predicted molar refractivity (Wildman–Crippen MR) is 65.0 cm³/mol. The Labute approximate surface area is 107 Å². The van der Waals surface area contributed by atoms with E-state index in [9.17, 15) is 9.59 Å². The van der Waals surface area contributed by atoms with E-state index in [1.165, 1.54) is 0 Å². The first-order valence-electron chi connectivity index (χ1n) is 6.48. The molecule has 2 fully saturated rings. The van der Waals surface area contributed by atoms with Crippen LogP contribution in [0.4, 0.5) is 4.79 Å². The Kier molecular flexibility index (Phi) is 3.36. The van der Waals surface area contributed by atoms with E-state index in [1.54, 1.807) is 20.8 Å². The maximum atomic E-state index is 11.8. The van der Waals surface area contributed by atoms with Gasteiger partial charge in [0, 0.05) is 0 Å². The molecule has 0 aromatic carbocycles. The molecule has 2 rings (SSSR count). The number of hydrogen-bond acceptors (Lipinski definition) is 5. The Hall–Kier alpha value is -1.10. The first-order chi connectivity index (χ1) is 8.32. The lowest BCUT2D eigenvalue weighted by Gasteiger charge is -2.23. The molecule has 1 saturated carbocycles. The number of piperidine rings is 1. The van der Waals surface area contributed by atoms with E-state index in [2.05, 4.69) is 5.32 Å². The monoisotopic (exact) mass is 255 g/mol. The zero-order chi connectivity index (χ0) is 13.4. The summed E-state index contributed by atoms with van der Waals surface area (Å²) in [6.07, 6.45) is 1.93. The summed E-state index contributed by atoms with van der Waals surface area (Å²) in [5.41, 5.74) is -0.544. The number of hydrogen-bond donors (Lipinski definition) is 1. The van der Waals surface area contributed by atoms with Gasteiger partial charge in [-0.1, -0.05) is 0 Å². The molecule has 1 aliphatic carbocycles. The van der Waals surface area contributed by atoms with Crippen LogP contribution in [0, 0.1) is 11.3 Å². The molecule has 0 radical (unpaired) electrons. The molecule has 1 atom stereocenters. The number of ether oxygens (including phenoxy) is 2. The van der Waals surface area contributed by atoms with E-state index in [0.717, 1.165) is 32.4 Å². The van der Waals surface area contributed by atoms with Crippen molar-refractivity contribution in [2.24, 2.45) is 11.3 Å². The third-order valence-electron chi connectivity index (χ3n) is 3.65. The Balaban J connectivity index is 1.81. The third kappa shape index (κ3) is 3.02. The van der Waals surface area contributed by atoms with Gasteiger partial charge in [-0.3, -0.25) is 4.79 Å². The lowest BCUT2D eigenvalue weighted by molar-refractivity contribution is -0.144. The van der Waals surface area contributed by atoms with Gasteiger partial charge < -0.3 is 14.8 Å². The summed E-state index contributed by atoms with van der Waals surface area (Å²) >= 11 is 0. The highest BCUT2D eigenvalue weighted by Gasteiger charge is 2.59. The van der Waals surface area contributed by atoms with E-state index in [1.807, 2.05) is 0 Å². The Bertz CT molecular complexity index is 352. The van der Waals surface area contributed by atoms with Gasteiger partial charge in [-0.25, -0.2) is 4.79 Å². The van der Waals surface area contributed by atoms with Crippen molar-refractivity contribution in [3.05, 3.63) is 0 Å². The average Bonchev–Trinajstić information content (AvgIpc) is 2.90. The molecule has 5 heteroatoms. The van der Waals surface area contributed by atoms with Gasteiger partial charge in [0.25, 0.3) is 0 Å². The average molecular weight is 255 g/mol. The maximum absolute atomic E-state index is 11.8. The standard InChI is InChI=1S/C13H21NO4/c1-12(2,3)18-11(16)17-10(15)9-8-13(9)4-6-14-7-5-13/h9,14H,4-8H2,1-3H3. The summed E-state index contributed by atoms with van der Waals surface area (Å²) in [6, 6.07) is 0. The van der Waals surface area contributed by atoms with Crippen molar-refractivity contribution in [2.75, 3.05) is 13.1 Å². The molecule has 2 aliphatic rings. The highest BCUT2D eigenvalue weighted by Crippen LogP contribution is 2.58. The Morgan fingerprint density at radius 1 is 1.22 bits per heavy atom. The largest absolute Gasteiger partial charge is 0.516 e. The third-order valence-corrected chi connectivity index (χ3v) is 3.65. The number of esters is 1. The van der Waals surface area contributed by atoms with E-state index in [-0.39, 0.29) is 11.3 Å². The van der Waals surface area contributed by atoms with Crippen LogP contribution < -0.4 is 5.32 Å². The fraction of sp³-hybridized carbons (Fsp3) is 0.846. The quantitative estimate of drug-likeness (QED) is 0.572. The van der Waals surface area contributed by atoms with E-state index in [4.69, 9.17) is 9.47 Å². The second kappa shape index (κ2) is 4.53. The number of nitrogens with one attached hydrogen (secondary N) is 1. The van der Waals surface area contributed by atoms with E-state index in [0.29, 0.717) is 0 Å². The molecule has 1 aliphatic heterocycles. The molecule has 1 heterocycles. The van der Waals surface area contributed by atoms with Crippen molar-refractivity contribution in [3.63, 3.8) is 0 Å². The Morgan fingerprint density at radius 2 is 1.83 bits per heavy atom. The molecule has 1 N–H and O–H groups in total. The van der Waals surface area contributed by atoms with Crippen molar-refractivity contribution < 1.29 is 19.1 Å². The van der Waals surface area contributed by atoms with Gasteiger partial charge in [-0.15, -0.1) is 0 Å². The highest BCUT2D eigenvalue weighted by atomic mass is 16.7. The van der Waals surface area contributed by atoms with Crippen LogP contribution in [-0.2, 0) is 14.3 Å². The Morgan fingerprint density at radius 3 is 2.39 bits per heavy atom. The summed E-state index contributed by atoms with van der Waals surface area (Å²) in [6.45, 7) is 7.10. The van der Waals surface area contributed by atoms with Crippen LogP contribution in [0.5, 0.6) is 0 Å². The van der Waals surface area contributed by atoms with Gasteiger partial charge in [-0.05, 0) is 58.5 Å². The summed E-state index contributed by atoms with van der Waals surface area (Å²) in [5.74, 6) is -0.543. The molecule has 102 valence electrons.